The summed E-state index contributed by atoms with van der Waals surface area (Å²) in [7, 11) is 0. The quantitative estimate of drug-likeness (QED) is 0.845. The summed E-state index contributed by atoms with van der Waals surface area (Å²) in [5, 5.41) is 0.366. The number of rotatable bonds is 4. The molecule has 3 nitrogen and oxygen atoms in total. The van der Waals surface area contributed by atoms with Crippen LogP contribution in [0.25, 0.3) is 0 Å². The number of nitrogens with zero attached hydrogens (tertiary/aromatic N) is 2. The van der Waals surface area contributed by atoms with Gasteiger partial charge in [0.15, 0.2) is 4.34 Å². The van der Waals surface area contributed by atoms with E-state index in [0.717, 1.165) is 16.6 Å². The molecule has 0 aliphatic rings. The van der Waals surface area contributed by atoms with Crippen LogP contribution >= 0.6 is 23.3 Å². The van der Waals surface area contributed by atoms with Crippen LogP contribution in [0.4, 0.5) is 0 Å². The molecule has 0 fully saturated rings. The minimum absolute atomic E-state index is 0.152. The van der Waals surface area contributed by atoms with Gasteiger partial charge in [-0.1, -0.05) is 39.5 Å². The summed E-state index contributed by atoms with van der Waals surface area (Å²) < 4.78 is 5.33. The molecule has 0 saturated carbocycles. The van der Waals surface area contributed by atoms with Crippen molar-refractivity contribution in [1.29, 1.82) is 0 Å². The first-order valence-corrected chi connectivity index (χ1v) is 7.24. The fourth-order valence-corrected chi connectivity index (χ4v) is 3.65. The maximum Gasteiger partial charge on any atom is 0.170 e. The molecular weight excluding hydrogens is 238 g/mol. The molecule has 2 atom stereocenters. The zero-order valence-corrected chi connectivity index (χ0v) is 12.3. The molecule has 2 unspecified atom stereocenters. The molecule has 1 aromatic rings. The molecule has 92 valence electrons. The Morgan fingerprint density at radius 1 is 1.44 bits per heavy atom. The van der Waals surface area contributed by atoms with Crippen molar-refractivity contribution in [1.82, 2.24) is 9.36 Å². The van der Waals surface area contributed by atoms with Crippen LogP contribution in [0, 0.1) is 5.41 Å². The highest BCUT2D eigenvalue weighted by atomic mass is 32.2. The van der Waals surface area contributed by atoms with E-state index < -0.39 is 0 Å². The highest BCUT2D eigenvalue weighted by Gasteiger charge is 2.29. The lowest BCUT2D eigenvalue weighted by molar-refractivity contribution is 0.363. The lowest BCUT2D eigenvalue weighted by Crippen LogP contribution is -2.38. The van der Waals surface area contributed by atoms with Gasteiger partial charge in [-0.3, -0.25) is 0 Å². The van der Waals surface area contributed by atoms with Crippen LogP contribution in [0.15, 0.2) is 4.34 Å². The van der Waals surface area contributed by atoms with E-state index in [4.69, 9.17) is 5.73 Å². The van der Waals surface area contributed by atoms with Gasteiger partial charge in [-0.25, -0.2) is 4.98 Å². The summed E-state index contributed by atoms with van der Waals surface area (Å²) >= 11 is 3.24. The van der Waals surface area contributed by atoms with Crippen molar-refractivity contribution in [3.05, 3.63) is 5.82 Å². The number of hydrogen-bond acceptors (Lipinski definition) is 5. The van der Waals surface area contributed by atoms with Crippen LogP contribution in [0.1, 0.15) is 40.4 Å². The average Bonchev–Trinajstić information content (AvgIpc) is 2.59. The summed E-state index contributed by atoms with van der Waals surface area (Å²) in [6, 6.07) is 0.152. The second kappa shape index (κ2) is 5.47. The van der Waals surface area contributed by atoms with Crippen molar-refractivity contribution in [3.8, 4) is 0 Å². The highest BCUT2D eigenvalue weighted by Crippen LogP contribution is 2.37. The Balaban J connectivity index is 2.76. The van der Waals surface area contributed by atoms with Crippen molar-refractivity contribution >= 4 is 23.3 Å². The third-order valence-corrected chi connectivity index (χ3v) is 5.07. The van der Waals surface area contributed by atoms with E-state index in [9.17, 15) is 0 Å². The molecule has 16 heavy (non-hydrogen) atoms. The molecule has 1 aromatic heterocycles. The van der Waals surface area contributed by atoms with E-state index in [1.54, 1.807) is 11.8 Å². The molecule has 0 aliphatic carbocycles. The molecule has 1 rings (SSSR count). The van der Waals surface area contributed by atoms with Crippen molar-refractivity contribution < 1.29 is 0 Å². The second-order valence-corrected chi connectivity index (χ2v) is 7.23. The predicted molar refractivity (Wildman–Crippen MR) is 72.0 cm³/mol. The zero-order valence-electron chi connectivity index (χ0n) is 10.7. The van der Waals surface area contributed by atoms with Gasteiger partial charge in [0.05, 0.1) is 0 Å². The highest BCUT2D eigenvalue weighted by molar-refractivity contribution is 8.01. The number of nitrogens with two attached hydrogens (primary N) is 1. The minimum atomic E-state index is 0.152. The minimum Gasteiger partial charge on any atom is -0.327 e. The van der Waals surface area contributed by atoms with Crippen LogP contribution in [0.2, 0.25) is 0 Å². The third-order valence-electron chi connectivity index (χ3n) is 2.32. The fourth-order valence-electron chi connectivity index (χ4n) is 1.61. The SMILES string of the molecule is CCc1nsc(SC(C(C)N)C(C)(C)C)n1. The molecule has 0 amide bonds. The number of hydrogen-bond donors (Lipinski definition) is 1. The molecule has 0 aliphatic heterocycles. The van der Waals surface area contributed by atoms with Crippen molar-refractivity contribution in [3.63, 3.8) is 0 Å². The number of aromatic nitrogens is 2. The summed E-state index contributed by atoms with van der Waals surface area (Å²) in [6.07, 6.45) is 0.898. The Bertz CT molecular complexity index is 328. The van der Waals surface area contributed by atoms with Crippen LogP contribution in [0.5, 0.6) is 0 Å². The predicted octanol–water partition coefficient (Wildman–Crippen LogP) is 2.95. The number of thioether (sulfide) groups is 1. The molecular formula is C11H21N3S2. The van der Waals surface area contributed by atoms with Gasteiger partial charge in [-0.05, 0) is 23.9 Å². The van der Waals surface area contributed by atoms with E-state index in [0.29, 0.717) is 5.25 Å². The first-order valence-electron chi connectivity index (χ1n) is 5.59. The van der Waals surface area contributed by atoms with Crippen LogP contribution < -0.4 is 5.73 Å². The Morgan fingerprint density at radius 3 is 2.44 bits per heavy atom. The van der Waals surface area contributed by atoms with Crippen LogP contribution in [0.3, 0.4) is 0 Å². The lowest BCUT2D eigenvalue weighted by atomic mass is 9.88. The van der Waals surface area contributed by atoms with Gasteiger partial charge in [0.2, 0.25) is 0 Å². The van der Waals surface area contributed by atoms with Gasteiger partial charge in [-0.15, -0.1) is 0 Å². The Morgan fingerprint density at radius 2 is 2.06 bits per heavy atom. The van der Waals surface area contributed by atoms with E-state index in [2.05, 4.69) is 44.0 Å². The monoisotopic (exact) mass is 259 g/mol. The van der Waals surface area contributed by atoms with Crippen molar-refractivity contribution in [2.24, 2.45) is 11.1 Å². The smallest absolute Gasteiger partial charge is 0.170 e. The number of aryl methyl sites for hydroxylation is 1. The van der Waals surface area contributed by atoms with E-state index >= 15 is 0 Å². The Kier molecular flexibility index (Phi) is 4.76. The Labute approximate surface area is 106 Å². The topological polar surface area (TPSA) is 51.8 Å². The van der Waals surface area contributed by atoms with Crippen LogP contribution in [-0.2, 0) is 6.42 Å². The van der Waals surface area contributed by atoms with Gasteiger partial charge in [-0.2, -0.15) is 4.37 Å². The largest absolute Gasteiger partial charge is 0.327 e. The van der Waals surface area contributed by atoms with Gasteiger partial charge >= 0.3 is 0 Å². The Hall–Kier alpha value is -0.130. The first kappa shape index (κ1) is 13.9. The molecule has 0 aromatic carbocycles. The van der Waals surface area contributed by atoms with Gasteiger partial charge in [0.25, 0.3) is 0 Å². The average molecular weight is 259 g/mol. The van der Waals surface area contributed by atoms with Gasteiger partial charge in [0, 0.05) is 17.7 Å². The molecule has 0 radical (unpaired) electrons. The molecule has 0 spiro atoms. The maximum atomic E-state index is 6.05. The molecule has 0 bridgehead atoms. The maximum absolute atomic E-state index is 6.05. The van der Waals surface area contributed by atoms with Crippen molar-refractivity contribution in [2.45, 2.75) is 56.7 Å². The van der Waals surface area contributed by atoms with Gasteiger partial charge in [0.1, 0.15) is 5.82 Å². The van der Waals surface area contributed by atoms with Gasteiger partial charge < -0.3 is 5.73 Å². The summed E-state index contributed by atoms with van der Waals surface area (Å²) in [6.45, 7) is 10.8. The molecule has 5 heteroatoms. The summed E-state index contributed by atoms with van der Waals surface area (Å²) in [5.74, 6) is 0.935. The van der Waals surface area contributed by atoms with E-state index in [-0.39, 0.29) is 11.5 Å². The molecule has 0 saturated heterocycles. The standard InChI is InChI=1S/C11H21N3S2/c1-6-8-13-10(16-14-8)15-9(7(2)12)11(3,4)5/h7,9H,6,12H2,1-5H3. The summed E-state index contributed by atoms with van der Waals surface area (Å²) in [5.41, 5.74) is 6.22. The lowest BCUT2D eigenvalue weighted by Gasteiger charge is -2.32. The fraction of sp³-hybridized carbons (Fsp3) is 0.818. The normalized spacial score (nSPS) is 16.1. The third kappa shape index (κ3) is 3.71. The molecule has 1 heterocycles. The van der Waals surface area contributed by atoms with E-state index in [1.807, 2.05) is 0 Å². The second-order valence-electron chi connectivity index (χ2n) is 5.09. The molecule has 2 N–H and O–H groups in total. The first-order chi connectivity index (χ1) is 7.34. The van der Waals surface area contributed by atoms with Crippen LogP contribution in [-0.4, -0.2) is 20.6 Å². The van der Waals surface area contributed by atoms with E-state index in [1.165, 1.54) is 11.5 Å². The summed E-state index contributed by atoms with van der Waals surface area (Å²) in [4.78, 5) is 4.48. The van der Waals surface area contributed by atoms with Crippen molar-refractivity contribution in [2.75, 3.05) is 0 Å². The zero-order chi connectivity index (χ0) is 12.3.